The Balaban J connectivity index is 0.00000289. The second-order valence-electron chi connectivity index (χ2n) is 3.62. The first-order valence-corrected chi connectivity index (χ1v) is 7.22. The highest BCUT2D eigenvalue weighted by Gasteiger charge is 2.18. The van der Waals surface area contributed by atoms with Gasteiger partial charge in [0.1, 0.15) is 4.90 Å². The minimum Gasteiger partial charge on any atom is -0.316 e. The number of hydrogen-bond acceptors (Lipinski definition) is 3. The van der Waals surface area contributed by atoms with Gasteiger partial charge in [-0.25, -0.2) is 13.1 Å². The third-order valence-corrected chi connectivity index (χ3v) is 4.40. The molecule has 2 N–H and O–H groups in total. The average Bonchev–Trinajstić information content (AvgIpc) is 2.25. The Hall–Kier alpha value is -0.0400. The largest absolute Gasteiger partial charge is 0.316 e. The monoisotopic (exact) mass is 332 g/mol. The van der Waals surface area contributed by atoms with Crippen molar-refractivity contribution >= 4 is 45.6 Å². The predicted molar refractivity (Wildman–Crippen MR) is 77.4 cm³/mol. The van der Waals surface area contributed by atoms with Gasteiger partial charge in [0.05, 0.1) is 5.02 Å². The van der Waals surface area contributed by atoms with Gasteiger partial charge in [0.25, 0.3) is 0 Å². The van der Waals surface area contributed by atoms with E-state index in [4.69, 9.17) is 23.2 Å². The lowest BCUT2D eigenvalue weighted by Gasteiger charge is -2.12. The number of benzene rings is 1. The number of nitrogens with one attached hydrogen (secondary N) is 2. The maximum Gasteiger partial charge on any atom is 0.242 e. The fraction of sp³-hybridized carbons (Fsp3) is 0.400. The van der Waals surface area contributed by atoms with E-state index in [2.05, 4.69) is 10.0 Å². The molecule has 4 nitrogen and oxygen atoms in total. The van der Waals surface area contributed by atoms with Gasteiger partial charge in [0.15, 0.2) is 0 Å². The van der Waals surface area contributed by atoms with Crippen molar-refractivity contribution in [1.29, 1.82) is 0 Å². The minimum atomic E-state index is -3.59. The van der Waals surface area contributed by atoms with Gasteiger partial charge in [-0.2, -0.15) is 0 Å². The van der Waals surface area contributed by atoms with Gasteiger partial charge < -0.3 is 5.32 Å². The summed E-state index contributed by atoms with van der Waals surface area (Å²) in [6.07, 6.45) is 0. The van der Waals surface area contributed by atoms with Gasteiger partial charge in [-0.15, -0.1) is 12.4 Å². The number of sulfonamides is 1. The molecule has 1 rings (SSSR count). The highest BCUT2D eigenvalue weighted by molar-refractivity contribution is 7.89. The Morgan fingerprint density at radius 3 is 2.44 bits per heavy atom. The van der Waals surface area contributed by atoms with E-state index in [1.165, 1.54) is 18.2 Å². The zero-order valence-corrected chi connectivity index (χ0v) is 13.1. The van der Waals surface area contributed by atoms with E-state index in [-0.39, 0.29) is 34.9 Å². The Labute approximate surface area is 124 Å². The molecule has 0 fully saturated rings. The van der Waals surface area contributed by atoms with Gasteiger partial charge in [-0.3, -0.25) is 0 Å². The van der Waals surface area contributed by atoms with Crippen molar-refractivity contribution in [2.75, 3.05) is 13.6 Å². The van der Waals surface area contributed by atoms with Crippen molar-refractivity contribution in [2.45, 2.75) is 17.9 Å². The molecular weight excluding hydrogens is 319 g/mol. The molecule has 0 radical (unpaired) electrons. The number of halogens is 3. The van der Waals surface area contributed by atoms with Gasteiger partial charge in [-0.1, -0.05) is 23.2 Å². The maximum absolute atomic E-state index is 11.9. The van der Waals surface area contributed by atoms with Crippen LogP contribution in [0.25, 0.3) is 0 Å². The molecule has 1 unspecified atom stereocenters. The van der Waals surface area contributed by atoms with E-state index in [9.17, 15) is 8.42 Å². The van der Waals surface area contributed by atoms with Crippen LogP contribution in [0.4, 0.5) is 0 Å². The topological polar surface area (TPSA) is 58.2 Å². The Kier molecular flexibility index (Phi) is 7.51. The van der Waals surface area contributed by atoms with E-state index in [1.807, 2.05) is 6.92 Å². The molecule has 18 heavy (non-hydrogen) atoms. The van der Waals surface area contributed by atoms with Crippen LogP contribution < -0.4 is 10.0 Å². The summed E-state index contributed by atoms with van der Waals surface area (Å²) >= 11 is 11.6. The summed E-state index contributed by atoms with van der Waals surface area (Å²) in [5, 5.41) is 3.45. The fourth-order valence-corrected chi connectivity index (χ4v) is 3.01. The lowest BCUT2D eigenvalue weighted by molar-refractivity contribution is 0.554. The second-order valence-corrected chi connectivity index (χ2v) is 6.20. The van der Waals surface area contributed by atoms with Crippen molar-refractivity contribution in [3.05, 3.63) is 28.2 Å². The average molecular weight is 334 g/mol. The molecule has 0 aromatic heterocycles. The van der Waals surface area contributed by atoms with Crippen LogP contribution >= 0.6 is 35.6 Å². The Morgan fingerprint density at radius 1 is 1.33 bits per heavy atom. The molecule has 0 aliphatic heterocycles. The zero-order valence-electron chi connectivity index (χ0n) is 9.91. The molecule has 0 aliphatic rings. The summed E-state index contributed by atoms with van der Waals surface area (Å²) in [5.74, 6) is 0. The number of likely N-dealkylation sites (N-methyl/N-ethyl adjacent to an activating group) is 1. The van der Waals surface area contributed by atoms with Crippen LogP contribution in [0.5, 0.6) is 0 Å². The zero-order chi connectivity index (χ0) is 13.1. The van der Waals surface area contributed by atoms with Crippen LogP contribution in [0.1, 0.15) is 6.92 Å². The molecule has 1 aromatic rings. The SMILES string of the molecule is CNC(C)CNS(=O)(=O)c1ccc(Cl)cc1Cl.Cl. The van der Waals surface area contributed by atoms with Crippen LogP contribution in [0.3, 0.4) is 0 Å². The molecule has 1 atom stereocenters. The van der Waals surface area contributed by atoms with Crippen LogP contribution in [-0.2, 0) is 10.0 Å². The molecule has 0 saturated carbocycles. The molecule has 0 saturated heterocycles. The molecule has 104 valence electrons. The molecule has 0 aliphatic carbocycles. The summed E-state index contributed by atoms with van der Waals surface area (Å²) in [5.41, 5.74) is 0. The van der Waals surface area contributed by atoms with Gasteiger partial charge in [0.2, 0.25) is 10.0 Å². The molecule has 0 bridgehead atoms. The summed E-state index contributed by atoms with van der Waals surface area (Å²) in [6.45, 7) is 2.16. The van der Waals surface area contributed by atoms with Crippen LogP contribution in [-0.4, -0.2) is 28.1 Å². The molecule has 0 amide bonds. The highest BCUT2D eigenvalue weighted by Crippen LogP contribution is 2.24. The Bertz CT molecular complexity index is 494. The van der Waals surface area contributed by atoms with Crippen molar-refractivity contribution in [1.82, 2.24) is 10.0 Å². The van der Waals surface area contributed by atoms with Crippen LogP contribution in [0, 0.1) is 0 Å². The summed E-state index contributed by atoms with van der Waals surface area (Å²) in [7, 11) is -1.84. The van der Waals surface area contributed by atoms with Crippen LogP contribution in [0.2, 0.25) is 10.0 Å². The standard InChI is InChI=1S/C10H14Cl2N2O2S.ClH/c1-7(13-2)6-14-17(15,16)10-4-3-8(11)5-9(10)12;/h3-5,7,13-14H,6H2,1-2H3;1H. The molecule has 1 aromatic carbocycles. The second kappa shape index (κ2) is 7.53. The van der Waals surface area contributed by atoms with Gasteiger partial charge >= 0.3 is 0 Å². The van der Waals surface area contributed by atoms with E-state index in [0.717, 1.165) is 0 Å². The lowest BCUT2D eigenvalue weighted by Crippen LogP contribution is -2.37. The summed E-state index contributed by atoms with van der Waals surface area (Å²) < 4.78 is 26.3. The van der Waals surface area contributed by atoms with Crippen molar-refractivity contribution in [3.8, 4) is 0 Å². The van der Waals surface area contributed by atoms with Crippen molar-refractivity contribution in [2.24, 2.45) is 0 Å². The third-order valence-electron chi connectivity index (χ3n) is 2.26. The van der Waals surface area contributed by atoms with E-state index < -0.39 is 10.0 Å². The van der Waals surface area contributed by atoms with E-state index >= 15 is 0 Å². The number of rotatable bonds is 5. The molecule has 0 spiro atoms. The maximum atomic E-state index is 11.9. The molecule has 8 heteroatoms. The van der Waals surface area contributed by atoms with E-state index in [1.54, 1.807) is 7.05 Å². The van der Waals surface area contributed by atoms with Crippen molar-refractivity contribution < 1.29 is 8.42 Å². The molecular formula is C10H15Cl3N2O2S. The summed E-state index contributed by atoms with van der Waals surface area (Å²) in [6, 6.07) is 4.32. The highest BCUT2D eigenvalue weighted by atomic mass is 35.5. The van der Waals surface area contributed by atoms with Gasteiger partial charge in [-0.05, 0) is 32.2 Å². The first-order valence-electron chi connectivity index (χ1n) is 4.99. The first-order chi connectivity index (χ1) is 7.86. The smallest absolute Gasteiger partial charge is 0.242 e. The Morgan fingerprint density at radius 2 is 1.94 bits per heavy atom. The molecule has 0 heterocycles. The lowest BCUT2D eigenvalue weighted by atomic mass is 10.4. The first kappa shape index (κ1) is 18.0. The van der Waals surface area contributed by atoms with Gasteiger partial charge in [0, 0.05) is 17.6 Å². The van der Waals surface area contributed by atoms with E-state index in [0.29, 0.717) is 5.02 Å². The fourth-order valence-electron chi connectivity index (χ4n) is 1.11. The summed E-state index contributed by atoms with van der Waals surface area (Å²) in [4.78, 5) is 0.0341. The van der Waals surface area contributed by atoms with Crippen LogP contribution in [0.15, 0.2) is 23.1 Å². The number of hydrogen-bond donors (Lipinski definition) is 2. The third kappa shape index (κ3) is 4.91. The van der Waals surface area contributed by atoms with Crippen molar-refractivity contribution in [3.63, 3.8) is 0 Å². The minimum absolute atomic E-state index is 0. The normalized spacial score (nSPS) is 12.9. The quantitative estimate of drug-likeness (QED) is 0.869. The predicted octanol–water partition coefficient (Wildman–Crippen LogP) is 2.30.